The van der Waals surface area contributed by atoms with E-state index in [9.17, 15) is 4.39 Å². The minimum absolute atomic E-state index is 0.184. The molecule has 2 N–H and O–H groups in total. The van der Waals surface area contributed by atoms with Crippen molar-refractivity contribution in [1.29, 1.82) is 0 Å². The van der Waals surface area contributed by atoms with Crippen LogP contribution in [0.4, 0.5) is 4.39 Å². The molecule has 8 nitrogen and oxygen atoms in total. The van der Waals surface area contributed by atoms with E-state index in [0.717, 1.165) is 5.75 Å². The maximum absolute atomic E-state index is 13.9. The van der Waals surface area contributed by atoms with Gasteiger partial charge in [-0.3, -0.25) is 0 Å². The lowest BCUT2D eigenvalue weighted by Gasteiger charge is -2.09. The monoisotopic (exact) mass is 468 g/mol. The van der Waals surface area contributed by atoms with Crippen LogP contribution in [0.2, 0.25) is 0 Å². The molecule has 2 aromatic carbocycles. The summed E-state index contributed by atoms with van der Waals surface area (Å²) in [5.41, 5.74) is 2.35. The highest BCUT2D eigenvalue weighted by Gasteiger charge is 2.21. The first-order valence-corrected chi connectivity index (χ1v) is 11.4. The molecule has 4 aromatic rings. The van der Waals surface area contributed by atoms with Crippen LogP contribution in [-0.4, -0.2) is 25.0 Å². The molecule has 0 saturated heterocycles. The number of nitrogen functional groups attached to an aromatic ring is 1. The maximum atomic E-state index is 13.9. The lowest BCUT2D eigenvalue weighted by atomic mass is 10.0. The van der Waals surface area contributed by atoms with Crippen LogP contribution >= 0.6 is 11.8 Å². The molecule has 172 valence electrons. The van der Waals surface area contributed by atoms with Gasteiger partial charge in [-0.25, -0.2) is 9.07 Å². The summed E-state index contributed by atoms with van der Waals surface area (Å²) < 4.78 is 26.4. The first kappa shape index (κ1) is 22.8. The van der Waals surface area contributed by atoms with Gasteiger partial charge in [0.05, 0.1) is 5.25 Å². The van der Waals surface area contributed by atoms with Gasteiger partial charge in [0.25, 0.3) is 0 Å². The number of rotatable bonds is 8. The standard InChI is InChI=1S/C23H25FN6O2S/c1-13(2)16-7-9-18(10-8-16)31-12-20-27-28-23(30(20)25)33-15(4)22-26-21(29-32-22)17-6-5-14(3)19(24)11-17/h5-11,13,15H,12,25H2,1-4H3. The molecular weight excluding hydrogens is 443 g/mol. The molecule has 0 saturated carbocycles. The zero-order chi connectivity index (χ0) is 23.5. The van der Waals surface area contributed by atoms with E-state index in [0.29, 0.717) is 39.7 Å². The Bertz CT molecular complexity index is 1240. The largest absolute Gasteiger partial charge is 0.486 e. The fraction of sp³-hybridized carbons (Fsp3) is 0.304. The summed E-state index contributed by atoms with van der Waals surface area (Å²) in [5.74, 6) is 8.23. The third-order valence-electron chi connectivity index (χ3n) is 5.15. The second-order valence-corrected chi connectivity index (χ2v) is 9.27. The SMILES string of the molecule is Cc1ccc(-c2noc(C(C)Sc3nnc(COc4ccc(C(C)C)cc4)n3N)n2)cc1F. The van der Waals surface area contributed by atoms with E-state index in [1.165, 1.54) is 28.1 Å². The molecule has 4 rings (SSSR count). The van der Waals surface area contributed by atoms with Gasteiger partial charge in [-0.1, -0.05) is 55.0 Å². The van der Waals surface area contributed by atoms with Crippen molar-refractivity contribution >= 4 is 11.8 Å². The zero-order valence-corrected chi connectivity index (χ0v) is 19.6. The third kappa shape index (κ3) is 5.16. The van der Waals surface area contributed by atoms with Gasteiger partial charge >= 0.3 is 0 Å². The first-order chi connectivity index (χ1) is 15.8. The Morgan fingerprint density at radius 3 is 2.58 bits per heavy atom. The average molecular weight is 469 g/mol. The number of ether oxygens (including phenoxy) is 1. The van der Waals surface area contributed by atoms with Crippen molar-refractivity contribution in [3.05, 3.63) is 71.1 Å². The molecule has 0 aliphatic carbocycles. The quantitative estimate of drug-likeness (QED) is 0.283. The number of halogens is 1. The van der Waals surface area contributed by atoms with Crippen molar-refractivity contribution in [2.75, 3.05) is 5.84 Å². The molecular formula is C23H25FN6O2S. The summed E-state index contributed by atoms with van der Waals surface area (Å²) in [6.07, 6.45) is 0. The molecule has 0 spiro atoms. The molecule has 1 unspecified atom stereocenters. The van der Waals surface area contributed by atoms with Crippen LogP contribution in [0.3, 0.4) is 0 Å². The van der Waals surface area contributed by atoms with E-state index >= 15 is 0 Å². The van der Waals surface area contributed by atoms with Crippen molar-refractivity contribution in [1.82, 2.24) is 25.0 Å². The molecule has 0 aliphatic rings. The molecule has 1 atom stereocenters. The van der Waals surface area contributed by atoms with Gasteiger partial charge in [0.2, 0.25) is 16.9 Å². The maximum Gasteiger partial charge on any atom is 0.240 e. The number of hydrogen-bond acceptors (Lipinski definition) is 8. The Morgan fingerprint density at radius 2 is 1.88 bits per heavy atom. The molecule has 10 heteroatoms. The van der Waals surface area contributed by atoms with E-state index < -0.39 is 0 Å². The topological polar surface area (TPSA) is 105 Å². The fourth-order valence-corrected chi connectivity index (χ4v) is 3.86. The summed E-state index contributed by atoms with van der Waals surface area (Å²) in [6, 6.07) is 12.8. The Morgan fingerprint density at radius 1 is 1.12 bits per heavy atom. The lowest BCUT2D eigenvalue weighted by molar-refractivity contribution is 0.291. The summed E-state index contributed by atoms with van der Waals surface area (Å²) >= 11 is 1.32. The van der Waals surface area contributed by atoms with E-state index in [1.54, 1.807) is 19.1 Å². The highest BCUT2D eigenvalue weighted by atomic mass is 32.2. The summed E-state index contributed by atoms with van der Waals surface area (Å²) in [5, 5.41) is 12.5. The number of nitrogens with two attached hydrogens (primary N) is 1. The van der Waals surface area contributed by atoms with Gasteiger partial charge in [0, 0.05) is 5.56 Å². The fourth-order valence-electron chi connectivity index (χ4n) is 3.04. The number of nitrogens with zero attached hydrogens (tertiary/aromatic N) is 5. The summed E-state index contributed by atoms with van der Waals surface area (Å²) in [4.78, 5) is 4.39. The predicted molar refractivity (Wildman–Crippen MR) is 124 cm³/mol. The van der Waals surface area contributed by atoms with Crippen molar-refractivity contribution in [2.45, 2.75) is 50.6 Å². The van der Waals surface area contributed by atoms with Gasteiger partial charge in [-0.05, 0) is 49.1 Å². The molecule has 0 aliphatic heterocycles. The second-order valence-electron chi connectivity index (χ2n) is 7.96. The molecule has 0 fully saturated rings. The Balaban J connectivity index is 1.39. The Kier molecular flexibility index (Phi) is 6.64. The van der Waals surface area contributed by atoms with Crippen LogP contribution in [0.1, 0.15) is 54.8 Å². The number of aryl methyl sites for hydroxylation is 1. The molecule has 0 amide bonds. The summed E-state index contributed by atoms with van der Waals surface area (Å²) in [7, 11) is 0. The average Bonchev–Trinajstić information content (AvgIpc) is 3.42. The summed E-state index contributed by atoms with van der Waals surface area (Å²) in [6.45, 7) is 8.06. The van der Waals surface area contributed by atoms with Crippen molar-refractivity contribution in [2.24, 2.45) is 0 Å². The van der Waals surface area contributed by atoms with Crippen LogP contribution in [-0.2, 0) is 6.61 Å². The number of benzene rings is 2. The van der Waals surface area contributed by atoms with Crippen LogP contribution in [0.15, 0.2) is 52.1 Å². The van der Waals surface area contributed by atoms with Gasteiger partial charge in [-0.2, -0.15) is 4.98 Å². The molecule has 33 heavy (non-hydrogen) atoms. The highest BCUT2D eigenvalue weighted by Crippen LogP contribution is 2.33. The van der Waals surface area contributed by atoms with E-state index in [-0.39, 0.29) is 17.7 Å². The Hall–Kier alpha value is -3.40. The normalized spacial score (nSPS) is 12.3. The first-order valence-electron chi connectivity index (χ1n) is 10.5. The van der Waals surface area contributed by atoms with E-state index in [2.05, 4.69) is 34.2 Å². The van der Waals surface area contributed by atoms with Gasteiger partial charge in [0.15, 0.2) is 5.82 Å². The Labute approximate surface area is 195 Å². The predicted octanol–water partition coefficient (Wildman–Crippen LogP) is 5.05. The number of thioether (sulfide) groups is 1. The van der Waals surface area contributed by atoms with Crippen LogP contribution in [0, 0.1) is 12.7 Å². The minimum atomic E-state index is -0.317. The second kappa shape index (κ2) is 9.62. The molecule has 0 radical (unpaired) electrons. The number of hydrogen-bond donors (Lipinski definition) is 1. The number of aromatic nitrogens is 5. The molecule has 2 heterocycles. The lowest BCUT2D eigenvalue weighted by Crippen LogP contribution is -2.16. The van der Waals surface area contributed by atoms with E-state index in [1.807, 2.05) is 31.2 Å². The van der Waals surface area contributed by atoms with Crippen molar-refractivity contribution in [3.63, 3.8) is 0 Å². The van der Waals surface area contributed by atoms with Crippen molar-refractivity contribution in [3.8, 4) is 17.1 Å². The van der Waals surface area contributed by atoms with Crippen LogP contribution < -0.4 is 10.6 Å². The van der Waals surface area contributed by atoms with Gasteiger partial charge in [0.1, 0.15) is 18.2 Å². The van der Waals surface area contributed by atoms with Gasteiger partial charge < -0.3 is 15.1 Å². The minimum Gasteiger partial charge on any atom is -0.486 e. The molecule has 0 bridgehead atoms. The van der Waals surface area contributed by atoms with E-state index in [4.69, 9.17) is 15.1 Å². The van der Waals surface area contributed by atoms with Gasteiger partial charge in [-0.15, -0.1) is 10.2 Å². The van der Waals surface area contributed by atoms with Crippen molar-refractivity contribution < 1.29 is 13.7 Å². The zero-order valence-electron chi connectivity index (χ0n) is 18.8. The van der Waals surface area contributed by atoms with Crippen LogP contribution in [0.25, 0.3) is 11.4 Å². The third-order valence-corrected chi connectivity index (χ3v) is 6.20. The smallest absolute Gasteiger partial charge is 0.240 e. The highest BCUT2D eigenvalue weighted by molar-refractivity contribution is 7.99. The molecule has 2 aromatic heterocycles. The van der Waals surface area contributed by atoms with Crippen LogP contribution in [0.5, 0.6) is 5.75 Å².